The Bertz CT molecular complexity index is 1360. The third-order valence-corrected chi connectivity index (χ3v) is 10.8. The van der Waals surface area contributed by atoms with Crippen molar-refractivity contribution in [3.63, 3.8) is 0 Å². The normalized spacial score (nSPS) is 19.6. The van der Waals surface area contributed by atoms with Crippen LogP contribution < -0.4 is 10.2 Å². The minimum absolute atomic E-state index is 0.00807. The Labute approximate surface area is 229 Å². The van der Waals surface area contributed by atoms with Crippen molar-refractivity contribution in [2.24, 2.45) is 0 Å². The monoisotopic (exact) mass is 555 g/mol. The number of carbonyl (C=O) groups excluding carboxylic acids is 1. The van der Waals surface area contributed by atoms with E-state index in [1.807, 2.05) is 6.92 Å². The van der Waals surface area contributed by atoms with Gasteiger partial charge in [0, 0.05) is 57.4 Å². The van der Waals surface area contributed by atoms with Gasteiger partial charge in [0.05, 0.1) is 15.1 Å². The van der Waals surface area contributed by atoms with Gasteiger partial charge in [0.15, 0.2) is 5.13 Å². The molecule has 1 N–H and O–H groups in total. The van der Waals surface area contributed by atoms with Gasteiger partial charge < -0.3 is 10.2 Å². The minimum Gasteiger partial charge on any atom is -0.351 e. The molecular weight excluding hydrogens is 518 g/mol. The number of carbonyl (C=O) groups is 1. The summed E-state index contributed by atoms with van der Waals surface area (Å²) in [6, 6.07) is 12.7. The number of nitrogens with one attached hydrogen (secondary N) is 1. The number of amides is 1. The Morgan fingerprint density at radius 1 is 1.05 bits per heavy atom. The minimum atomic E-state index is -3.53. The molecule has 0 spiro atoms. The maximum absolute atomic E-state index is 13.0. The van der Waals surface area contributed by atoms with Crippen LogP contribution in [0.4, 0.5) is 5.13 Å². The molecule has 0 aliphatic carbocycles. The van der Waals surface area contributed by atoms with Gasteiger partial charge in [-0.3, -0.25) is 9.69 Å². The van der Waals surface area contributed by atoms with Crippen molar-refractivity contribution in [2.75, 3.05) is 50.7 Å². The van der Waals surface area contributed by atoms with Gasteiger partial charge in [0.1, 0.15) is 0 Å². The van der Waals surface area contributed by atoms with Crippen molar-refractivity contribution in [1.82, 2.24) is 19.5 Å². The van der Waals surface area contributed by atoms with Crippen molar-refractivity contribution in [2.45, 2.75) is 50.5 Å². The summed E-state index contributed by atoms with van der Waals surface area (Å²) in [5, 5.41) is 4.08. The second-order valence-corrected chi connectivity index (χ2v) is 13.1. The largest absolute Gasteiger partial charge is 0.351 e. The van der Waals surface area contributed by atoms with Crippen LogP contribution in [-0.2, 0) is 16.4 Å². The lowest BCUT2D eigenvalue weighted by Gasteiger charge is -2.34. The van der Waals surface area contributed by atoms with E-state index in [9.17, 15) is 13.2 Å². The summed E-state index contributed by atoms with van der Waals surface area (Å²) >= 11 is 1.76. The van der Waals surface area contributed by atoms with Gasteiger partial charge in [0.25, 0.3) is 5.91 Å². The zero-order chi connectivity index (χ0) is 26.7. The van der Waals surface area contributed by atoms with Crippen LogP contribution >= 0.6 is 11.3 Å². The molecule has 3 aromatic rings. The summed E-state index contributed by atoms with van der Waals surface area (Å²) < 4.78 is 28.9. The fraction of sp³-hybridized carbons (Fsp3) is 0.500. The summed E-state index contributed by atoms with van der Waals surface area (Å²) in [5.41, 5.74) is 2.90. The Morgan fingerprint density at radius 3 is 2.53 bits per heavy atom. The molecule has 2 fully saturated rings. The molecule has 0 radical (unpaired) electrons. The van der Waals surface area contributed by atoms with Gasteiger partial charge in [-0.15, -0.1) is 0 Å². The molecule has 204 valence electrons. The molecule has 5 rings (SSSR count). The number of piperazine rings is 1. The van der Waals surface area contributed by atoms with Gasteiger partial charge in [-0.2, -0.15) is 4.31 Å². The van der Waals surface area contributed by atoms with E-state index in [1.165, 1.54) is 10.3 Å². The van der Waals surface area contributed by atoms with E-state index < -0.39 is 10.0 Å². The number of para-hydroxylation sites is 1. The van der Waals surface area contributed by atoms with Gasteiger partial charge in [-0.1, -0.05) is 36.8 Å². The van der Waals surface area contributed by atoms with Crippen LogP contribution in [0.5, 0.6) is 0 Å². The summed E-state index contributed by atoms with van der Waals surface area (Å²) in [6.45, 7) is 9.69. The first-order chi connectivity index (χ1) is 18.4. The fourth-order valence-corrected chi connectivity index (χ4v) is 8.11. The highest BCUT2D eigenvalue weighted by atomic mass is 32.2. The molecule has 1 amide bonds. The number of benzene rings is 2. The van der Waals surface area contributed by atoms with Crippen LogP contribution in [0.2, 0.25) is 0 Å². The van der Waals surface area contributed by atoms with Crippen molar-refractivity contribution < 1.29 is 13.2 Å². The molecule has 2 saturated heterocycles. The number of nitrogens with zero attached hydrogens (tertiary/aromatic N) is 4. The quantitative estimate of drug-likeness (QED) is 0.453. The lowest BCUT2D eigenvalue weighted by atomic mass is 10.1. The second-order valence-electron chi connectivity index (χ2n) is 10.2. The Morgan fingerprint density at radius 2 is 1.82 bits per heavy atom. The maximum atomic E-state index is 13.0. The SMILES string of the molecule is CCc1cccc2sc(N3CCN(CCNC(=O)c4ccc(S(=O)(=O)N5CCCCC5C)cc4)CC3)nc12. The van der Waals surface area contributed by atoms with Crippen molar-refractivity contribution in [3.05, 3.63) is 53.6 Å². The first-order valence-electron chi connectivity index (χ1n) is 13.6. The van der Waals surface area contributed by atoms with Crippen LogP contribution in [0.1, 0.15) is 49.0 Å². The predicted molar refractivity (Wildman–Crippen MR) is 154 cm³/mol. The van der Waals surface area contributed by atoms with E-state index in [-0.39, 0.29) is 16.8 Å². The highest BCUT2D eigenvalue weighted by Crippen LogP contribution is 2.31. The molecule has 38 heavy (non-hydrogen) atoms. The van der Waals surface area contributed by atoms with Gasteiger partial charge in [-0.05, 0) is 62.1 Å². The number of hydrogen-bond donors (Lipinski definition) is 1. The van der Waals surface area contributed by atoms with Crippen molar-refractivity contribution in [3.8, 4) is 0 Å². The van der Waals surface area contributed by atoms with E-state index in [1.54, 1.807) is 39.9 Å². The van der Waals surface area contributed by atoms with E-state index in [4.69, 9.17) is 4.98 Å². The van der Waals surface area contributed by atoms with Crippen LogP contribution in [0.15, 0.2) is 47.4 Å². The molecule has 1 unspecified atom stereocenters. The number of anilines is 1. The maximum Gasteiger partial charge on any atom is 0.251 e. The summed E-state index contributed by atoms with van der Waals surface area (Å²) in [4.78, 5) is 22.6. The van der Waals surface area contributed by atoms with Crippen LogP contribution in [0.3, 0.4) is 0 Å². The number of aromatic nitrogens is 1. The number of rotatable bonds is 8. The Balaban J connectivity index is 1.09. The van der Waals surface area contributed by atoms with Crippen LogP contribution in [-0.4, -0.2) is 80.4 Å². The third kappa shape index (κ3) is 5.73. The molecule has 2 aliphatic heterocycles. The zero-order valence-electron chi connectivity index (χ0n) is 22.2. The predicted octanol–water partition coefficient (Wildman–Crippen LogP) is 3.97. The summed E-state index contributed by atoms with van der Waals surface area (Å²) in [5.74, 6) is -0.180. The van der Waals surface area contributed by atoms with Gasteiger partial charge in [-0.25, -0.2) is 13.4 Å². The highest BCUT2D eigenvalue weighted by molar-refractivity contribution is 7.89. The number of sulfonamides is 1. The summed E-state index contributed by atoms with van der Waals surface area (Å²) in [6.07, 6.45) is 3.82. The second kappa shape index (κ2) is 11.7. The first-order valence-corrected chi connectivity index (χ1v) is 15.9. The van der Waals surface area contributed by atoms with Gasteiger partial charge in [0.2, 0.25) is 10.0 Å². The van der Waals surface area contributed by atoms with Gasteiger partial charge >= 0.3 is 0 Å². The molecule has 1 aromatic heterocycles. The molecule has 2 aromatic carbocycles. The van der Waals surface area contributed by atoms with E-state index in [2.05, 4.69) is 40.2 Å². The third-order valence-electron chi connectivity index (χ3n) is 7.69. The smallest absolute Gasteiger partial charge is 0.251 e. The van der Waals surface area contributed by atoms with Crippen LogP contribution in [0.25, 0.3) is 10.2 Å². The first kappa shape index (κ1) is 27.1. The highest BCUT2D eigenvalue weighted by Gasteiger charge is 2.31. The Hall–Kier alpha value is -2.53. The zero-order valence-corrected chi connectivity index (χ0v) is 23.9. The van der Waals surface area contributed by atoms with Crippen molar-refractivity contribution in [1.29, 1.82) is 0 Å². The molecule has 2 aliphatic rings. The average Bonchev–Trinajstić information content (AvgIpc) is 3.38. The molecule has 0 bridgehead atoms. The molecule has 0 saturated carbocycles. The van der Waals surface area contributed by atoms with Crippen LogP contribution in [0, 0.1) is 0 Å². The lowest BCUT2D eigenvalue weighted by Crippen LogP contribution is -2.48. The lowest BCUT2D eigenvalue weighted by molar-refractivity contribution is 0.0947. The average molecular weight is 556 g/mol. The molecule has 1 atom stereocenters. The number of hydrogen-bond acceptors (Lipinski definition) is 7. The molecule has 8 nitrogen and oxygen atoms in total. The number of piperidine rings is 1. The van der Waals surface area contributed by atoms with E-state index in [0.717, 1.165) is 69.1 Å². The molecular formula is C28H37N5O3S2. The number of thiazole rings is 1. The van der Waals surface area contributed by atoms with Crippen molar-refractivity contribution >= 4 is 42.6 Å². The fourth-order valence-electron chi connectivity index (χ4n) is 5.35. The summed E-state index contributed by atoms with van der Waals surface area (Å²) in [7, 11) is -3.53. The molecule has 10 heteroatoms. The number of aryl methyl sites for hydroxylation is 1. The number of fused-ring (bicyclic) bond motifs is 1. The standard InChI is InChI=1S/C28H37N5O3S2/c1-3-22-8-6-9-25-26(22)30-28(37-25)32-19-17-31(18-20-32)16-14-29-27(34)23-10-12-24(13-11-23)38(35,36)33-15-5-4-7-21(33)2/h6,8-13,21H,3-5,7,14-20H2,1-2H3,(H,29,34). The Kier molecular flexibility index (Phi) is 8.32. The van der Waals surface area contributed by atoms with E-state index in [0.29, 0.717) is 18.7 Å². The topological polar surface area (TPSA) is 85.8 Å². The van der Waals surface area contributed by atoms with E-state index >= 15 is 0 Å². The molecule has 3 heterocycles.